The van der Waals surface area contributed by atoms with Crippen LogP contribution in [-0.4, -0.2) is 29.6 Å². The summed E-state index contributed by atoms with van der Waals surface area (Å²) in [6.07, 6.45) is 0.675. The van der Waals surface area contributed by atoms with Crippen molar-refractivity contribution in [1.82, 2.24) is 10.3 Å². The molecule has 0 spiro atoms. The molecule has 0 atom stereocenters. The molecule has 1 aromatic heterocycles. The number of hydrogen-bond acceptors (Lipinski definition) is 5. The summed E-state index contributed by atoms with van der Waals surface area (Å²) in [4.78, 5) is 16.6. The second-order valence-electron chi connectivity index (χ2n) is 7.26. The van der Waals surface area contributed by atoms with Crippen LogP contribution in [0.15, 0.2) is 30.3 Å². The first kappa shape index (κ1) is 18.9. The number of rotatable bonds is 5. The van der Waals surface area contributed by atoms with E-state index in [4.69, 9.17) is 4.74 Å². The molecule has 2 heterocycles. The van der Waals surface area contributed by atoms with Gasteiger partial charge < -0.3 is 15.4 Å². The minimum absolute atomic E-state index is 0.119. The van der Waals surface area contributed by atoms with E-state index in [2.05, 4.69) is 21.7 Å². The molecule has 2 aromatic rings. The highest BCUT2D eigenvalue weighted by atomic mass is 16.5. The summed E-state index contributed by atoms with van der Waals surface area (Å²) in [5.74, 6) is 0.451. The third-order valence-corrected chi connectivity index (χ3v) is 4.68. The molecule has 0 aliphatic carbocycles. The van der Waals surface area contributed by atoms with E-state index in [-0.39, 0.29) is 11.5 Å². The summed E-state index contributed by atoms with van der Waals surface area (Å²) in [5, 5.41) is 15.8. The van der Waals surface area contributed by atoms with Crippen LogP contribution in [-0.2, 0) is 17.8 Å². The molecule has 0 bridgehead atoms. The smallest absolute Gasteiger partial charge is 0.251 e. The number of aromatic nitrogens is 1. The van der Waals surface area contributed by atoms with Crippen LogP contribution < -0.4 is 10.6 Å². The predicted octanol–water partition coefficient (Wildman–Crippen LogP) is 2.95. The van der Waals surface area contributed by atoms with Crippen molar-refractivity contribution in [3.05, 3.63) is 58.3 Å². The number of nitriles is 1. The first-order chi connectivity index (χ1) is 12.9. The number of carbonyl (C=O) groups excluding carboxylic acids is 1. The molecular formula is C21H24N4O2. The standard InChI is InChI=1S/C21H24N4O2/c1-14-18-13-27-21(2,3)11-16(18)17(12-22)19(25-14)23-9-10-24-20(26)15-7-5-4-6-8-15/h4-8H,9-11,13H2,1-3H3,(H,23,25)(H,24,26). The molecule has 1 aliphatic rings. The molecule has 2 N–H and O–H groups in total. The average molecular weight is 364 g/mol. The largest absolute Gasteiger partial charge is 0.370 e. The molecule has 0 radical (unpaired) electrons. The predicted molar refractivity (Wildman–Crippen MR) is 104 cm³/mol. The first-order valence-corrected chi connectivity index (χ1v) is 9.05. The van der Waals surface area contributed by atoms with Gasteiger partial charge in [0, 0.05) is 36.3 Å². The number of nitrogens with one attached hydrogen (secondary N) is 2. The van der Waals surface area contributed by atoms with Gasteiger partial charge in [-0.1, -0.05) is 18.2 Å². The molecule has 0 unspecified atom stereocenters. The number of carbonyl (C=O) groups is 1. The third-order valence-electron chi connectivity index (χ3n) is 4.68. The average Bonchev–Trinajstić information content (AvgIpc) is 2.65. The number of amides is 1. The van der Waals surface area contributed by atoms with Crippen molar-refractivity contribution in [3.8, 4) is 6.07 Å². The molecule has 0 saturated heterocycles. The summed E-state index contributed by atoms with van der Waals surface area (Å²) in [6, 6.07) is 11.4. The number of benzene rings is 1. The van der Waals surface area contributed by atoms with E-state index in [0.29, 0.717) is 43.1 Å². The minimum atomic E-state index is -0.298. The van der Waals surface area contributed by atoms with Crippen LogP contribution in [0.5, 0.6) is 0 Å². The van der Waals surface area contributed by atoms with Crippen LogP contribution in [0.25, 0.3) is 0 Å². The topological polar surface area (TPSA) is 87.0 Å². The number of ether oxygens (including phenoxy) is 1. The fraction of sp³-hybridized carbons (Fsp3) is 0.381. The van der Waals surface area contributed by atoms with Gasteiger partial charge in [-0.3, -0.25) is 4.79 Å². The second kappa shape index (κ2) is 7.77. The summed E-state index contributed by atoms with van der Waals surface area (Å²) in [5.41, 5.74) is 3.79. The molecule has 3 rings (SSSR count). The van der Waals surface area contributed by atoms with E-state index in [0.717, 1.165) is 16.8 Å². The molecular weight excluding hydrogens is 340 g/mol. The number of fused-ring (bicyclic) bond motifs is 1. The third kappa shape index (κ3) is 4.26. The van der Waals surface area contributed by atoms with Gasteiger partial charge in [-0.25, -0.2) is 4.98 Å². The zero-order valence-corrected chi connectivity index (χ0v) is 15.9. The van der Waals surface area contributed by atoms with Crippen molar-refractivity contribution in [1.29, 1.82) is 5.26 Å². The monoisotopic (exact) mass is 364 g/mol. The van der Waals surface area contributed by atoms with Crippen LogP contribution in [0, 0.1) is 18.3 Å². The van der Waals surface area contributed by atoms with Gasteiger partial charge in [-0.2, -0.15) is 5.26 Å². The highest BCUT2D eigenvalue weighted by Gasteiger charge is 2.30. The molecule has 27 heavy (non-hydrogen) atoms. The zero-order chi connectivity index (χ0) is 19.4. The summed E-state index contributed by atoms with van der Waals surface area (Å²) < 4.78 is 5.86. The van der Waals surface area contributed by atoms with E-state index < -0.39 is 0 Å². The second-order valence-corrected chi connectivity index (χ2v) is 7.26. The van der Waals surface area contributed by atoms with E-state index in [1.165, 1.54) is 0 Å². The van der Waals surface area contributed by atoms with Gasteiger partial charge in [0.2, 0.25) is 0 Å². The number of pyridine rings is 1. The van der Waals surface area contributed by atoms with Crippen molar-refractivity contribution in [2.45, 2.75) is 39.4 Å². The fourth-order valence-electron chi connectivity index (χ4n) is 3.23. The Morgan fingerprint density at radius 2 is 2.00 bits per heavy atom. The Balaban J connectivity index is 1.68. The first-order valence-electron chi connectivity index (χ1n) is 9.05. The number of hydrogen-bond donors (Lipinski definition) is 2. The van der Waals surface area contributed by atoms with Crippen molar-refractivity contribution in [2.75, 3.05) is 18.4 Å². The Morgan fingerprint density at radius 1 is 1.26 bits per heavy atom. The molecule has 1 amide bonds. The van der Waals surface area contributed by atoms with Crippen molar-refractivity contribution >= 4 is 11.7 Å². The molecule has 140 valence electrons. The van der Waals surface area contributed by atoms with E-state index >= 15 is 0 Å². The van der Waals surface area contributed by atoms with Crippen LogP contribution in [0.4, 0.5) is 5.82 Å². The van der Waals surface area contributed by atoms with Gasteiger partial charge in [0.25, 0.3) is 5.91 Å². The van der Waals surface area contributed by atoms with E-state index in [1.807, 2.05) is 39.0 Å². The van der Waals surface area contributed by atoms with Gasteiger partial charge >= 0.3 is 0 Å². The molecule has 1 aliphatic heterocycles. The van der Waals surface area contributed by atoms with E-state index in [9.17, 15) is 10.1 Å². The molecule has 0 fully saturated rings. The lowest BCUT2D eigenvalue weighted by atomic mass is 9.88. The van der Waals surface area contributed by atoms with Gasteiger partial charge in [-0.15, -0.1) is 0 Å². The molecule has 1 aromatic carbocycles. The quantitative estimate of drug-likeness (QED) is 0.797. The summed E-state index contributed by atoms with van der Waals surface area (Å²) in [7, 11) is 0. The van der Waals surface area contributed by atoms with Gasteiger partial charge in [0.1, 0.15) is 11.9 Å². The highest BCUT2D eigenvalue weighted by Crippen LogP contribution is 2.33. The Bertz CT molecular complexity index is 885. The lowest BCUT2D eigenvalue weighted by Crippen LogP contribution is -2.33. The maximum atomic E-state index is 12.1. The molecule has 0 saturated carbocycles. The maximum absolute atomic E-state index is 12.1. The number of aryl methyl sites for hydroxylation is 1. The van der Waals surface area contributed by atoms with E-state index in [1.54, 1.807) is 12.1 Å². The van der Waals surface area contributed by atoms with Gasteiger partial charge in [-0.05, 0) is 38.5 Å². The van der Waals surface area contributed by atoms with Crippen LogP contribution >= 0.6 is 0 Å². The van der Waals surface area contributed by atoms with Crippen molar-refractivity contribution < 1.29 is 9.53 Å². The highest BCUT2D eigenvalue weighted by molar-refractivity contribution is 5.94. The molecule has 6 nitrogen and oxygen atoms in total. The Labute approximate surface area is 159 Å². The lowest BCUT2D eigenvalue weighted by molar-refractivity contribution is -0.0405. The Kier molecular flexibility index (Phi) is 5.43. The normalized spacial score (nSPS) is 14.7. The fourth-order valence-corrected chi connectivity index (χ4v) is 3.23. The van der Waals surface area contributed by atoms with Crippen LogP contribution in [0.2, 0.25) is 0 Å². The lowest BCUT2D eigenvalue weighted by Gasteiger charge is -2.33. The molecule has 6 heteroatoms. The van der Waals surface area contributed by atoms with Crippen LogP contribution in [0.1, 0.15) is 46.6 Å². The minimum Gasteiger partial charge on any atom is -0.370 e. The Morgan fingerprint density at radius 3 is 2.70 bits per heavy atom. The van der Waals surface area contributed by atoms with Crippen molar-refractivity contribution in [3.63, 3.8) is 0 Å². The van der Waals surface area contributed by atoms with Gasteiger partial charge in [0.15, 0.2) is 0 Å². The zero-order valence-electron chi connectivity index (χ0n) is 15.9. The van der Waals surface area contributed by atoms with Crippen LogP contribution in [0.3, 0.4) is 0 Å². The van der Waals surface area contributed by atoms with Gasteiger partial charge in [0.05, 0.1) is 17.8 Å². The number of anilines is 1. The maximum Gasteiger partial charge on any atom is 0.251 e. The summed E-state index contributed by atoms with van der Waals surface area (Å²) in [6.45, 7) is 7.38. The number of nitrogens with zero attached hydrogens (tertiary/aromatic N) is 2. The summed E-state index contributed by atoms with van der Waals surface area (Å²) >= 11 is 0. The van der Waals surface area contributed by atoms with Crippen molar-refractivity contribution in [2.24, 2.45) is 0 Å². The SMILES string of the molecule is Cc1nc(NCCNC(=O)c2ccccc2)c(C#N)c2c1COC(C)(C)C2. The Hall–Kier alpha value is -2.91.